The predicted octanol–water partition coefficient (Wildman–Crippen LogP) is 2.51. The van der Waals surface area contributed by atoms with Gasteiger partial charge < -0.3 is 19.0 Å². The van der Waals surface area contributed by atoms with Crippen LogP contribution in [-0.4, -0.2) is 40.5 Å². The van der Waals surface area contributed by atoms with Crippen LogP contribution >= 0.6 is 0 Å². The molecule has 122 valence electrons. The largest absolute Gasteiger partial charge is 0.481 e. The van der Waals surface area contributed by atoms with Crippen molar-refractivity contribution in [3.63, 3.8) is 0 Å². The van der Waals surface area contributed by atoms with Crippen LogP contribution < -0.4 is 9.47 Å². The average Bonchev–Trinajstić information content (AvgIpc) is 3.11. The standard InChI is InChI=1S/C16H13N3O5/c1-22-12-8-7-11(14(17-12)23-2)15-19-18-13(24-15)9-3-5-10(6-4-9)16(20)21/h3-8H,1-2H3,(H,20,21). The number of aromatic nitrogens is 3. The Bertz CT molecular complexity index is 874. The minimum Gasteiger partial charge on any atom is -0.481 e. The van der Waals surface area contributed by atoms with E-state index in [2.05, 4.69) is 15.2 Å². The number of carbonyl (C=O) groups is 1. The number of hydrogen-bond acceptors (Lipinski definition) is 7. The molecule has 0 aliphatic heterocycles. The maximum atomic E-state index is 10.9. The SMILES string of the molecule is COc1ccc(-c2nnc(-c3ccc(C(=O)O)cc3)o2)c(OC)n1. The van der Waals surface area contributed by atoms with Gasteiger partial charge in [-0.2, -0.15) is 4.98 Å². The van der Waals surface area contributed by atoms with E-state index in [9.17, 15) is 4.79 Å². The second-order valence-corrected chi connectivity index (χ2v) is 4.71. The monoisotopic (exact) mass is 327 g/mol. The minimum atomic E-state index is -0.998. The smallest absolute Gasteiger partial charge is 0.335 e. The molecule has 0 bridgehead atoms. The summed E-state index contributed by atoms with van der Waals surface area (Å²) in [5.74, 6) is 0.200. The normalized spacial score (nSPS) is 10.4. The van der Waals surface area contributed by atoms with Gasteiger partial charge in [-0.05, 0) is 30.3 Å². The predicted molar refractivity (Wildman–Crippen MR) is 83.0 cm³/mol. The van der Waals surface area contributed by atoms with Gasteiger partial charge in [-0.1, -0.05) is 0 Å². The van der Waals surface area contributed by atoms with Crippen molar-refractivity contribution >= 4 is 5.97 Å². The molecule has 1 aromatic carbocycles. The number of methoxy groups -OCH3 is 2. The molecule has 3 aromatic rings. The second kappa shape index (κ2) is 6.37. The highest BCUT2D eigenvalue weighted by Crippen LogP contribution is 2.31. The van der Waals surface area contributed by atoms with Crippen molar-refractivity contribution in [2.24, 2.45) is 0 Å². The molecule has 0 aliphatic rings. The third kappa shape index (κ3) is 2.89. The molecule has 0 spiro atoms. The summed E-state index contributed by atoms with van der Waals surface area (Å²) in [5, 5.41) is 16.9. The van der Waals surface area contributed by atoms with Gasteiger partial charge in [-0.3, -0.25) is 0 Å². The molecule has 0 amide bonds. The Hall–Kier alpha value is -3.42. The van der Waals surface area contributed by atoms with Crippen LogP contribution in [0.5, 0.6) is 11.8 Å². The molecule has 0 radical (unpaired) electrons. The first-order valence-electron chi connectivity index (χ1n) is 6.89. The number of nitrogens with zero attached hydrogens (tertiary/aromatic N) is 3. The van der Waals surface area contributed by atoms with Gasteiger partial charge in [0.15, 0.2) is 0 Å². The number of pyridine rings is 1. The van der Waals surface area contributed by atoms with Crippen LogP contribution in [0.15, 0.2) is 40.8 Å². The Morgan fingerprint density at radius 2 is 1.71 bits per heavy atom. The molecule has 0 saturated heterocycles. The lowest BCUT2D eigenvalue weighted by atomic mass is 10.1. The molecule has 3 rings (SSSR count). The van der Waals surface area contributed by atoms with Crippen LogP contribution in [0.3, 0.4) is 0 Å². The van der Waals surface area contributed by atoms with Gasteiger partial charge in [-0.25, -0.2) is 4.79 Å². The molecule has 0 aliphatic carbocycles. The molecular weight excluding hydrogens is 314 g/mol. The van der Waals surface area contributed by atoms with E-state index in [4.69, 9.17) is 19.0 Å². The minimum absolute atomic E-state index is 0.180. The molecule has 0 atom stereocenters. The molecule has 0 saturated carbocycles. The summed E-state index contributed by atoms with van der Waals surface area (Å²) in [7, 11) is 2.99. The zero-order valence-corrected chi connectivity index (χ0v) is 12.9. The van der Waals surface area contributed by atoms with Crippen molar-refractivity contribution in [2.45, 2.75) is 0 Å². The molecule has 8 heteroatoms. The molecule has 0 fully saturated rings. The Kier molecular flexibility index (Phi) is 4.11. The van der Waals surface area contributed by atoms with E-state index in [0.29, 0.717) is 22.9 Å². The van der Waals surface area contributed by atoms with Crippen LogP contribution in [0.1, 0.15) is 10.4 Å². The number of rotatable bonds is 5. The maximum Gasteiger partial charge on any atom is 0.335 e. The number of benzene rings is 1. The second-order valence-electron chi connectivity index (χ2n) is 4.71. The molecule has 0 unspecified atom stereocenters. The van der Waals surface area contributed by atoms with Gasteiger partial charge in [0.2, 0.25) is 17.7 Å². The first-order chi connectivity index (χ1) is 11.6. The highest BCUT2D eigenvalue weighted by molar-refractivity contribution is 5.88. The van der Waals surface area contributed by atoms with Crippen LogP contribution in [0.25, 0.3) is 22.9 Å². The quantitative estimate of drug-likeness (QED) is 0.761. The highest BCUT2D eigenvalue weighted by Gasteiger charge is 2.17. The lowest BCUT2D eigenvalue weighted by molar-refractivity contribution is 0.0697. The van der Waals surface area contributed by atoms with Gasteiger partial charge in [0.1, 0.15) is 5.56 Å². The number of ether oxygens (including phenoxy) is 2. The van der Waals surface area contributed by atoms with E-state index in [-0.39, 0.29) is 17.3 Å². The average molecular weight is 327 g/mol. The summed E-state index contributed by atoms with van der Waals surface area (Å²) in [5.41, 5.74) is 1.32. The number of hydrogen-bond donors (Lipinski definition) is 1. The van der Waals surface area contributed by atoms with Crippen molar-refractivity contribution in [3.05, 3.63) is 42.0 Å². The van der Waals surface area contributed by atoms with E-state index in [0.717, 1.165) is 0 Å². The molecular formula is C16H13N3O5. The summed E-state index contributed by atoms with van der Waals surface area (Å²) >= 11 is 0. The van der Waals surface area contributed by atoms with Gasteiger partial charge in [-0.15, -0.1) is 10.2 Å². The number of carboxylic acid groups (broad SMARTS) is 1. The Morgan fingerprint density at radius 3 is 2.33 bits per heavy atom. The summed E-state index contributed by atoms with van der Waals surface area (Å²) < 4.78 is 15.9. The molecule has 2 aromatic heterocycles. The first kappa shape index (κ1) is 15.5. The van der Waals surface area contributed by atoms with E-state index in [1.54, 1.807) is 24.3 Å². The third-order valence-electron chi connectivity index (χ3n) is 3.27. The Balaban J connectivity index is 1.94. The van der Waals surface area contributed by atoms with Crippen molar-refractivity contribution in [3.8, 4) is 34.7 Å². The Morgan fingerprint density at radius 1 is 1.00 bits per heavy atom. The summed E-state index contributed by atoms with van der Waals surface area (Å²) in [6.07, 6.45) is 0. The molecule has 8 nitrogen and oxygen atoms in total. The lowest BCUT2D eigenvalue weighted by Gasteiger charge is -2.05. The summed E-state index contributed by atoms with van der Waals surface area (Å²) in [6, 6.07) is 9.50. The molecule has 2 heterocycles. The van der Waals surface area contributed by atoms with Crippen molar-refractivity contribution < 1.29 is 23.8 Å². The molecule has 24 heavy (non-hydrogen) atoms. The van der Waals surface area contributed by atoms with Crippen LogP contribution in [0.4, 0.5) is 0 Å². The lowest BCUT2D eigenvalue weighted by Crippen LogP contribution is -1.95. The van der Waals surface area contributed by atoms with Gasteiger partial charge >= 0.3 is 5.97 Å². The van der Waals surface area contributed by atoms with E-state index >= 15 is 0 Å². The van der Waals surface area contributed by atoms with Crippen LogP contribution in [0.2, 0.25) is 0 Å². The fourth-order valence-corrected chi connectivity index (χ4v) is 2.06. The molecule has 1 N–H and O–H groups in total. The van der Waals surface area contributed by atoms with E-state index < -0.39 is 5.97 Å². The van der Waals surface area contributed by atoms with Gasteiger partial charge in [0, 0.05) is 11.6 Å². The highest BCUT2D eigenvalue weighted by atomic mass is 16.5. The van der Waals surface area contributed by atoms with E-state index in [1.165, 1.54) is 26.4 Å². The van der Waals surface area contributed by atoms with Gasteiger partial charge in [0.25, 0.3) is 5.89 Å². The van der Waals surface area contributed by atoms with Crippen molar-refractivity contribution in [2.75, 3.05) is 14.2 Å². The topological polar surface area (TPSA) is 108 Å². The summed E-state index contributed by atoms with van der Waals surface area (Å²) in [6.45, 7) is 0. The third-order valence-corrected chi connectivity index (χ3v) is 3.27. The number of carboxylic acids is 1. The summed E-state index contributed by atoms with van der Waals surface area (Å²) in [4.78, 5) is 15.0. The fraction of sp³-hybridized carbons (Fsp3) is 0.125. The maximum absolute atomic E-state index is 10.9. The zero-order chi connectivity index (χ0) is 17.1. The first-order valence-corrected chi connectivity index (χ1v) is 6.89. The zero-order valence-electron chi connectivity index (χ0n) is 12.9. The Labute approximate surface area is 136 Å². The van der Waals surface area contributed by atoms with Gasteiger partial charge in [0.05, 0.1) is 19.8 Å². The van der Waals surface area contributed by atoms with Crippen molar-refractivity contribution in [1.82, 2.24) is 15.2 Å². The number of aromatic carboxylic acids is 1. The van der Waals surface area contributed by atoms with E-state index in [1.807, 2.05) is 0 Å². The fourth-order valence-electron chi connectivity index (χ4n) is 2.06. The van der Waals surface area contributed by atoms with Crippen LogP contribution in [0, 0.1) is 0 Å². The van der Waals surface area contributed by atoms with Crippen LogP contribution in [-0.2, 0) is 0 Å². The van der Waals surface area contributed by atoms with Crippen molar-refractivity contribution in [1.29, 1.82) is 0 Å².